The first kappa shape index (κ1) is 19.2. The molecular formula is C21H24N2O3S. The molecule has 3 aromatic rings. The van der Waals surface area contributed by atoms with Gasteiger partial charge in [-0.05, 0) is 42.7 Å². The molecule has 0 saturated heterocycles. The Morgan fingerprint density at radius 2 is 1.93 bits per heavy atom. The fraction of sp³-hybridized carbons (Fsp3) is 0.333. The number of fused-ring (bicyclic) bond motifs is 1. The van der Waals surface area contributed by atoms with Crippen LogP contribution in [0.4, 0.5) is 0 Å². The van der Waals surface area contributed by atoms with Crippen molar-refractivity contribution in [3.8, 4) is 11.5 Å². The van der Waals surface area contributed by atoms with Gasteiger partial charge in [0.1, 0.15) is 11.5 Å². The van der Waals surface area contributed by atoms with Crippen LogP contribution in [0, 0.1) is 0 Å². The van der Waals surface area contributed by atoms with Crippen molar-refractivity contribution in [2.75, 3.05) is 14.2 Å². The lowest BCUT2D eigenvalue weighted by Gasteiger charge is -2.07. The van der Waals surface area contributed by atoms with Gasteiger partial charge in [-0.3, -0.25) is 4.79 Å². The van der Waals surface area contributed by atoms with E-state index in [1.165, 1.54) is 12.7 Å². The summed E-state index contributed by atoms with van der Waals surface area (Å²) in [7, 11) is 3.12. The predicted molar refractivity (Wildman–Crippen MR) is 109 cm³/mol. The van der Waals surface area contributed by atoms with Crippen molar-refractivity contribution in [1.29, 1.82) is 0 Å². The van der Waals surface area contributed by atoms with Gasteiger partial charge in [-0.2, -0.15) is 4.99 Å². The molecule has 1 amide bonds. The van der Waals surface area contributed by atoms with E-state index in [0.717, 1.165) is 29.6 Å². The minimum Gasteiger partial charge on any atom is -0.497 e. The summed E-state index contributed by atoms with van der Waals surface area (Å²) in [6.45, 7) is 5.08. The van der Waals surface area contributed by atoms with E-state index in [4.69, 9.17) is 9.47 Å². The lowest BCUT2D eigenvalue weighted by Crippen LogP contribution is -2.17. The lowest BCUT2D eigenvalue weighted by atomic mass is 10.1. The smallest absolute Gasteiger partial charge is 0.283 e. The molecular weight excluding hydrogens is 360 g/mol. The lowest BCUT2D eigenvalue weighted by molar-refractivity contribution is 0.0995. The molecule has 0 aliphatic rings. The van der Waals surface area contributed by atoms with Gasteiger partial charge in [0.15, 0.2) is 4.80 Å². The first-order chi connectivity index (χ1) is 13.1. The third-order valence-corrected chi connectivity index (χ3v) is 5.48. The molecule has 0 aliphatic carbocycles. The second kappa shape index (κ2) is 8.39. The average molecular weight is 385 g/mol. The van der Waals surface area contributed by atoms with Crippen LogP contribution in [0.5, 0.6) is 11.5 Å². The van der Waals surface area contributed by atoms with Crippen LogP contribution in [0.1, 0.15) is 36.2 Å². The number of carbonyl (C=O) groups is 1. The largest absolute Gasteiger partial charge is 0.497 e. The zero-order valence-electron chi connectivity index (χ0n) is 16.1. The highest BCUT2D eigenvalue weighted by Gasteiger charge is 2.14. The van der Waals surface area contributed by atoms with Crippen LogP contribution in [0.2, 0.25) is 0 Å². The van der Waals surface area contributed by atoms with Gasteiger partial charge in [-0.15, -0.1) is 0 Å². The Balaban J connectivity index is 2.12. The number of hydrogen-bond acceptors (Lipinski definition) is 4. The highest BCUT2D eigenvalue weighted by atomic mass is 32.1. The van der Waals surface area contributed by atoms with Crippen molar-refractivity contribution >= 4 is 27.5 Å². The van der Waals surface area contributed by atoms with Gasteiger partial charge >= 0.3 is 0 Å². The van der Waals surface area contributed by atoms with Crippen LogP contribution >= 0.6 is 11.3 Å². The Labute approximate surface area is 162 Å². The number of carbonyl (C=O) groups excluding carboxylic acids is 1. The summed E-state index contributed by atoms with van der Waals surface area (Å²) in [5.74, 6) is 0.777. The second-order valence-electron chi connectivity index (χ2n) is 6.18. The molecule has 0 radical (unpaired) electrons. The van der Waals surface area contributed by atoms with E-state index in [9.17, 15) is 4.79 Å². The summed E-state index contributed by atoms with van der Waals surface area (Å²) in [5, 5.41) is 0. The van der Waals surface area contributed by atoms with Gasteiger partial charge in [0.2, 0.25) is 0 Å². The summed E-state index contributed by atoms with van der Waals surface area (Å²) in [6.07, 6.45) is 1.95. The second-order valence-corrected chi connectivity index (χ2v) is 7.18. The van der Waals surface area contributed by atoms with E-state index in [0.29, 0.717) is 21.9 Å². The number of aromatic nitrogens is 1. The molecule has 2 aromatic carbocycles. The third kappa shape index (κ3) is 3.90. The van der Waals surface area contributed by atoms with E-state index in [1.807, 2.05) is 0 Å². The SMILES string of the molecule is CCCn1c(=NC(=O)c2ccc(OC)cc2OC)sc2cc(CC)ccc21. The van der Waals surface area contributed by atoms with Crippen molar-refractivity contribution in [2.24, 2.45) is 4.99 Å². The molecule has 1 heterocycles. The van der Waals surface area contributed by atoms with Gasteiger partial charge in [0.05, 0.1) is 30.0 Å². The number of rotatable bonds is 6. The zero-order valence-corrected chi connectivity index (χ0v) is 16.9. The highest BCUT2D eigenvalue weighted by molar-refractivity contribution is 7.16. The maximum atomic E-state index is 12.9. The van der Waals surface area contributed by atoms with E-state index >= 15 is 0 Å². The number of hydrogen-bond donors (Lipinski definition) is 0. The fourth-order valence-electron chi connectivity index (χ4n) is 2.98. The Hall–Kier alpha value is -2.60. The van der Waals surface area contributed by atoms with Crippen LogP contribution in [-0.2, 0) is 13.0 Å². The Kier molecular flexibility index (Phi) is 5.96. The van der Waals surface area contributed by atoms with Crippen LogP contribution in [0.15, 0.2) is 41.4 Å². The van der Waals surface area contributed by atoms with Crippen molar-refractivity contribution in [2.45, 2.75) is 33.2 Å². The maximum absolute atomic E-state index is 12.9. The number of methoxy groups -OCH3 is 2. The van der Waals surface area contributed by atoms with Crippen LogP contribution in [0.3, 0.4) is 0 Å². The number of aryl methyl sites for hydroxylation is 2. The molecule has 5 nitrogen and oxygen atoms in total. The van der Waals surface area contributed by atoms with Gasteiger partial charge in [-0.25, -0.2) is 0 Å². The van der Waals surface area contributed by atoms with Crippen molar-refractivity contribution in [3.63, 3.8) is 0 Å². The van der Waals surface area contributed by atoms with Crippen LogP contribution < -0.4 is 14.3 Å². The molecule has 0 atom stereocenters. The molecule has 6 heteroatoms. The Morgan fingerprint density at radius 1 is 1.11 bits per heavy atom. The summed E-state index contributed by atoms with van der Waals surface area (Å²) in [4.78, 5) is 18.0. The molecule has 3 rings (SSSR count). The normalized spacial score (nSPS) is 11.8. The Bertz CT molecular complexity index is 1030. The fourth-order valence-corrected chi connectivity index (χ4v) is 4.10. The first-order valence-electron chi connectivity index (χ1n) is 9.04. The highest BCUT2D eigenvalue weighted by Crippen LogP contribution is 2.25. The van der Waals surface area contributed by atoms with E-state index in [1.54, 1.807) is 36.6 Å². The summed E-state index contributed by atoms with van der Waals surface area (Å²) < 4.78 is 13.8. The summed E-state index contributed by atoms with van der Waals surface area (Å²) in [6, 6.07) is 11.6. The molecule has 1 aromatic heterocycles. The summed E-state index contributed by atoms with van der Waals surface area (Å²) in [5.41, 5.74) is 2.82. The molecule has 0 bridgehead atoms. The molecule has 0 spiro atoms. The first-order valence-corrected chi connectivity index (χ1v) is 9.86. The number of thiazole rings is 1. The topological polar surface area (TPSA) is 52.8 Å². The average Bonchev–Trinajstić information content (AvgIpc) is 3.03. The quantitative estimate of drug-likeness (QED) is 0.632. The van der Waals surface area contributed by atoms with E-state index in [2.05, 4.69) is 41.6 Å². The molecule has 0 aliphatic heterocycles. The maximum Gasteiger partial charge on any atom is 0.283 e. The molecule has 0 unspecified atom stereocenters. The number of amides is 1. The monoisotopic (exact) mass is 384 g/mol. The molecule has 27 heavy (non-hydrogen) atoms. The number of ether oxygens (including phenoxy) is 2. The molecule has 0 fully saturated rings. The van der Waals surface area contributed by atoms with Gasteiger partial charge in [0, 0.05) is 12.6 Å². The molecule has 0 saturated carbocycles. The van der Waals surface area contributed by atoms with Gasteiger partial charge in [-0.1, -0.05) is 31.3 Å². The Morgan fingerprint density at radius 3 is 2.59 bits per heavy atom. The van der Waals surface area contributed by atoms with Gasteiger partial charge in [0.25, 0.3) is 5.91 Å². The van der Waals surface area contributed by atoms with E-state index in [-0.39, 0.29) is 5.91 Å². The zero-order chi connectivity index (χ0) is 19.4. The van der Waals surface area contributed by atoms with Crippen molar-refractivity contribution in [3.05, 3.63) is 52.3 Å². The predicted octanol–water partition coefficient (Wildman–Crippen LogP) is 4.43. The standard InChI is InChI=1S/C21H24N2O3S/c1-5-11-23-17-10-7-14(6-2)12-19(17)27-21(23)22-20(24)16-9-8-15(25-3)13-18(16)26-4/h7-10,12-13H,5-6,11H2,1-4H3. The minimum absolute atomic E-state index is 0.318. The van der Waals surface area contributed by atoms with Crippen molar-refractivity contribution < 1.29 is 14.3 Å². The molecule has 142 valence electrons. The van der Waals surface area contributed by atoms with E-state index < -0.39 is 0 Å². The third-order valence-electron chi connectivity index (χ3n) is 4.44. The minimum atomic E-state index is -0.318. The molecule has 0 N–H and O–H groups in total. The summed E-state index contributed by atoms with van der Waals surface area (Å²) >= 11 is 1.55. The van der Waals surface area contributed by atoms with Crippen molar-refractivity contribution in [1.82, 2.24) is 4.57 Å². The van der Waals surface area contributed by atoms with Crippen LogP contribution in [-0.4, -0.2) is 24.7 Å². The van der Waals surface area contributed by atoms with Crippen LogP contribution in [0.25, 0.3) is 10.2 Å². The number of benzene rings is 2. The number of nitrogens with zero attached hydrogens (tertiary/aromatic N) is 2. The van der Waals surface area contributed by atoms with Gasteiger partial charge < -0.3 is 14.0 Å².